The van der Waals surface area contributed by atoms with Gasteiger partial charge in [-0.3, -0.25) is 14.3 Å². The zero-order valence-corrected chi connectivity index (χ0v) is 30.6. The number of sulfonamides is 1. The van der Waals surface area contributed by atoms with Gasteiger partial charge >= 0.3 is 6.03 Å². The Morgan fingerprint density at radius 1 is 1.04 bits per heavy atom. The number of aromatic nitrogens is 2. The normalized spacial score (nSPS) is 25.7. The number of carbonyl (C=O) groups excluding carboxylic acids is 3. The zero-order valence-electron chi connectivity index (χ0n) is 29.8. The topological polar surface area (TPSA) is 169 Å². The van der Waals surface area contributed by atoms with Gasteiger partial charge in [0.15, 0.2) is 5.82 Å². The highest BCUT2D eigenvalue weighted by Gasteiger charge is 2.62. The van der Waals surface area contributed by atoms with Gasteiger partial charge in [-0.05, 0) is 81.8 Å². The van der Waals surface area contributed by atoms with Gasteiger partial charge in [0.25, 0.3) is 5.91 Å². The Morgan fingerprint density at radius 3 is 2.52 bits per heavy atom. The molecule has 0 spiro atoms. The number of allylic oxidation sites excluding steroid dienone is 1. The van der Waals surface area contributed by atoms with Gasteiger partial charge in [-0.1, -0.05) is 12.2 Å². The Bertz CT molecular complexity index is 2040. The summed E-state index contributed by atoms with van der Waals surface area (Å²) in [5, 5.41) is 2.94. The third-order valence-electron chi connectivity index (χ3n) is 10.5. The molecule has 2 N–H and O–H groups in total. The van der Waals surface area contributed by atoms with Crippen molar-refractivity contribution in [2.45, 2.75) is 74.8 Å². The molecular weight excluding hydrogens is 689 g/mol. The maximum atomic E-state index is 14.2. The number of aryl methyl sites for hydroxylation is 1. The molecule has 276 valence electrons. The summed E-state index contributed by atoms with van der Waals surface area (Å²) >= 11 is 0. The maximum Gasteiger partial charge on any atom is 0.320 e. The first-order valence-electron chi connectivity index (χ1n) is 17.7. The van der Waals surface area contributed by atoms with Gasteiger partial charge in [0.1, 0.15) is 29.2 Å². The lowest BCUT2D eigenvalue weighted by atomic mass is 10.1. The largest absolute Gasteiger partial charge is 0.497 e. The van der Waals surface area contributed by atoms with E-state index in [9.17, 15) is 22.8 Å². The number of nitrogens with zero attached hydrogens (tertiary/aromatic N) is 4. The fraction of sp³-hybridized carbons (Fsp3) is 0.486. The Kier molecular flexibility index (Phi) is 9.48. The van der Waals surface area contributed by atoms with Crippen molar-refractivity contribution in [3.8, 4) is 28.8 Å². The molecule has 0 bridgehead atoms. The number of rotatable bonds is 8. The summed E-state index contributed by atoms with van der Waals surface area (Å²) in [4.78, 5) is 54.5. The fourth-order valence-corrected chi connectivity index (χ4v) is 8.48. The highest BCUT2D eigenvalue weighted by atomic mass is 32.2. The molecule has 4 amide bonds. The van der Waals surface area contributed by atoms with Crippen LogP contribution in [0.25, 0.3) is 22.3 Å². The predicted molar refractivity (Wildman–Crippen MR) is 192 cm³/mol. The lowest BCUT2D eigenvalue weighted by Crippen LogP contribution is -2.57. The molecule has 2 aromatic carbocycles. The first-order valence-corrected chi connectivity index (χ1v) is 19.2. The van der Waals surface area contributed by atoms with E-state index in [1.165, 1.54) is 4.90 Å². The van der Waals surface area contributed by atoms with Gasteiger partial charge in [0, 0.05) is 37.1 Å². The summed E-state index contributed by atoms with van der Waals surface area (Å²) in [6.07, 6.45) is 6.85. The van der Waals surface area contributed by atoms with Crippen LogP contribution >= 0.6 is 0 Å². The summed E-state index contributed by atoms with van der Waals surface area (Å²) in [6, 6.07) is 9.65. The van der Waals surface area contributed by atoms with Crippen LogP contribution in [0.2, 0.25) is 0 Å². The first-order chi connectivity index (χ1) is 24.9. The third kappa shape index (κ3) is 6.85. The maximum absolute atomic E-state index is 14.2. The van der Waals surface area contributed by atoms with E-state index in [0.29, 0.717) is 47.6 Å². The van der Waals surface area contributed by atoms with Gasteiger partial charge in [-0.15, -0.1) is 0 Å². The van der Waals surface area contributed by atoms with E-state index in [-0.39, 0.29) is 37.2 Å². The molecule has 7 rings (SSSR count). The van der Waals surface area contributed by atoms with E-state index >= 15 is 0 Å². The van der Waals surface area contributed by atoms with Gasteiger partial charge in [0.2, 0.25) is 21.8 Å². The van der Waals surface area contributed by atoms with Crippen molar-refractivity contribution in [2.24, 2.45) is 5.92 Å². The number of nitrogens with one attached hydrogen (secondary N) is 2. The molecule has 14 nitrogen and oxygen atoms in total. The average Bonchev–Trinajstić information content (AvgIpc) is 4.06. The van der Waals surface area contributed by atoms with Crippen molar-refractivity contribution < 1.29 is 37.0 Å². The minimum Gasteiger partial charge on any atom is -0.497 e. The van der Waals surface area contributed by atoms with E-state index in [4.69, 9.17) is 24.2 Å². The van der Waals surface area contributed by atoms with Crippen LogP contribution in [0.3, 0.4) is 0 Å². The number of ether oxygens (including phenoxy) is 3. The number of methoxy groups -OCH3 is 2. The van der Waals surface area contributed by atoms with E-state index in [1.54, 1.807) is 26.2 Å². The van der Waals surface area contributed by atoms with Gasteiger partial charge in [0.05, 0.1) is 36.9 Å². The number of fused-ring (bicyclic) bond motifs is 3. The lowest BCUT2D eigenvalue weighted by Gasteiger charge is -2.30. The molecule has 3 aromatic rings. The Morgan fingerprint density at radius 2 is 1.81 bits per heavy atom. The Balaban J connectivity index is 1.21. The summed E-state index contributed by atoms with van der Waals surface area (Å²) in [5.41, 5.74) is 0.713. The number of carbonyl (C=O) groups is 3. The van der Waals surface area contributed by atoms with Crippen LogP contribution in [0, 0.1) is 12.8 Å². The van der Waals surface area contributed by atoms with Crippen molar-refractivity contribution in [1.29, 1.82) is 0 Å². The minimum atomic E-state index is -3.85. The molecule has 1 saturated heterocycles. The van der Waals surface area contributed by atoms with Crippen LogP contribution < -0.4 is 24.2 Å². The summed E-state index contributed by atoms with van der Waals surface area (Å²) in [6.45, 7) is 2.49. The highest BCUT2D eigenvalue weighted by Crippen LogP contribution is 2.46. The van der Waals surface area contributed by atoms with Crippen LogP contribution in [0.1, 0.15) is 50.5 Å². The van der Waals surface area contributed by atoms with Gasteiger partial charge < -0.3 is 29.3 Å². The summed E-state index contributed by atoms with van der Waals surface area (Å²) in [5.74, 6) is 0.351. The minimum absolute atomic E-state index is 0.0817. The first kappa shape index (κ1) is 35.5. The molecule has 0 radical (unpaired) electrons. The highest BCUT2D eigenvalue weighted by molar-refractivity contribution is 7.91. The Labute approximate surface area is 302 Å². The van der Waals surface area contributed by atoms with Crippen LogP contribution in [0.4, 0.5) is 4.79 Å². The summed E-state index contributed by atoms with van der Waals surface area (Å²) < 4.78 is 45.3. The predicted octanol–water partition coefficient (Wildman–Crippen LogP) is 3.72. The number of amides is 4. The second kappa shape index (κ2) is 13.9. The van der Waals surface area contributed by atoms with Crippen molar-refractivity contribution in [2.75, 3.05) is 34.4 Å². The quantitative estimate of drug-likeness (QED) is 0.326. The van der Waals surface area contributed by atoms with Crippen molar-refractivity contribution in [1.82, 2.24) is 29.8 Å². The fourth-order valence-electron chi connectivity index (χ4n) is 7.12. The van der Waals surface area contributed by atoms with Gasteiger partial charge in [-0.2, -0.15) is 4.98 Å². The monoisotopic (exact) mass is 732 g/mol. The molecule has 2 aliphatic heterocycles. The van der Waals surface area contributed by atoms with Crippen LogP contribution in [-0.2, 0) is 19.6 Å². The molecule has 52 heavy (non-hydrogen) atoms. The standard InChI is InChI=1S/C37H44N6O8S/c1-22-30(50-4)17-16-28-31(22)38-32(23-10-12-25(49-3)13-11-23)39-34(28)51-26-19-29-33(44)40-37(35(45)41-52(47,48)27-14-15-27)20-24(37)9-7-5-6-8-18-42(2)36(46)43(29)21-26/h7,9-13,16-17,24,26-27,29H,5-6,8,14-15,18-21H2,1-4H3,(H,40,44)(H,41,45)/b9-7-. The Hall–Kier alpha value is -4.92. The van der Waals surface area contributed by atoms with Gasteiger partial charge in [-0.25, -0.2) is 18.2 Å². The second-order valence-corrected chi connectivity index (χ2v) is 16.0. The molecule has 4 atom stereocenters. The molecule has 3 fully saturated rings. The SMILES string of the molecule is COc1ccc(-c2nc(OC3CC4C(=O)NC5(C(=O)NS(=O)(=O)C6CC6)CC5/C=C\CCCCN(C)C(=O)N4C3)c3ccc(OC)c(C)c3n2)cc1. The average molecular weight is 733 g/mol. The lowest BCUT2D eigenvalue weighted by molar-refractivity contribution is -0.131. The van der Waals surface area contributed by atoms with Crippen LogP contribution in [-0.4, -0.2) is 103 Å². The van der Waals surface area contributed by atoms with Crippen molar-refractivity contribution in [3.05, 3.63) is 54.1 Å². The van der Waals surface area contributed by atoms with E-state index in [0.717, 1.165) is 30.4 Å². The van der Waals surface area contributed by atoms with E-state index in [2.05, 4.69) is 10.0 Å². The molecule has 2 aliphatic carbocycles. The number of hydrogen-bond acceptors (Lipinski definition) is 10. The molecule has 1 aromatic heterocycles. The van der Waals surface area contributed by atoms with E-state index < -0.39 is 44.8 Å². The smallest absolute Gasteiger partial charge is 0.320 e. The number of urea groups is 1. The van der Waals surface area contributed by atoms with Crippen molar-refractivity contribution >= 4 is 38.8 Å². The number of benzene rings is 2. The molecular formula is C37H44N6O8S. The molecule has 15 heteroatoms. The van der Waals surface area contributed by atoms with Crippen molar-refractivity contribution in [3.63, 3.8) is 0 Å². The molecule has 2 saturated carbocycles. The molecule has 4 aliphatic rings. The summed E-state index contributed by atoms with van der Waals surface area (Å²) in [7, 11) is 1.04. The second-order valence-electron chi connectivity index (χ2n) is 14.1. The third-order valence-corrected chi connectivity index (χ3v) is 12.3. The van der Waals surface area contributed by atoms with E-state index in [1.807, 2.05) is 55.5 Å². The molecule has 3 heterocycles. The van der Waals surface area contributed by atoms with Crippen LogP contribution in [0.15, 0.2) is 48.6 Å². The van der Waals surface area contributed by atoms with Crippen LogP contribution in [0.5, 0.6) is 17.4 Å². The molecule has 4 unspecified atom stereocenters. The zero-order chi connectivity index (χ0) is 36.8. The number of hydrogen-bond donors (Lipinski definition) is 2.